The number of nitrogens with one attached hydrogen (secondary N) is 1. The van der Waals surface area contributed by atoms with E-state index in [-0.39, 0.29) is 12.1 Å². The number of methoxy groups -OCH3 is 1. The molecule has 2 atom stereocenters. The normalized spacial score (nSPS) is 14.6. The number of benzene rings is 1. The van der Waals surface area contributed by atoms with Crippen molar-refractivity contribution in [3.05, 3.63) is 29.3 Å². The van der Waals surface area contributed by atoms with Gasteiger partial charge in [0, 0.05) is 17.6 Å². The van der Waals surface area contributed by atoms with Gasteiger partial charge < -0.3 is 15.8 Å². The molecule has 2 unspecified atom stereocenters. The van der Waals surface area contributed by atoms with Crippen LogP contribution in [0.25, 0.3) is 0 Å². The first kappa shape index (κ1) is 15.0. The lowest BCUT2D eigenvalue weighted by Gasteiger charge is -2.22. The zero-order chi connectivity index (χ0) is 13.7. The van der Waals surface area contributed by atoms with Crippen LogP contribution in [-0.2, 0) is 0 Å². The highest BCUT2D eigenvalue weighted by Gasteiger charge is 2.16. The molecule has 0 saturated heterocycles. The Morgan fingerprint density at radius 3 is 2.39 bits per heavy atom. The molecule has 0 saturated carbocycles. The fourth-order valence-corrected chi connectivity index (χ4v) is 2.15. The van der Waals surface area contributed by atoms with Crippen molar-refractivity contribution in [2.24, 2.45) is 5.73 Å². The first-order valence-corrected chi connectivity index (χ1v) is 6.60. The minimum absolute atomic E-state index is 0.164. The largest absolute Gasteiger partial charge is 0.496 e. The molecule has 0 radical (unpaired) electrons. The molecule has 3 nitrogen and oxygen atoms in total. The van der Waals surface area contributed by atoms with Crippen molar-refractivity contribution in [3.8, 4) is 5.75 Å². The molecule has 102 valence electrons. The minimum Gasteiger partial charge on any atom is -0.496 e. The summed E-state index contributed by atoms with van der Waals surface area (Å²) in [6, 6.07) is 6.86. The van der Waals surface area contributed by atoms with Gasteiger partial charge in [-0.3, -0.25) is 0 Å². The molecule has 0 amide bonds. The summed E-state index contributed by atoms with van der Waals surface area (Å²) in [5.41, 5.74) is 8.37. The second-order valence-electron chi connectivity index (χ2n) is 5.21. The Balaban J connectivity index is 3.06. The summed E-state index contributed by atoms with van der Waals surface area (Å²) in [4.78, 5) is 0. The van der Waals surface area contributed by atoms with Crippen LogP contribution in [0.2, 0.25) is 0 Å². The van der Waals surface area contributed by atoms with Crippen LogP contribution < -0.4 is 15.8 Å². The van der Waals surface area contributed by atoms with Gasteiger partial charge >= 0.3 is 0 Å². The van der Waals surface area contributed by atoms with E-state index in [1.807, 2.05) is 14.0 Å². The Hall–Kier alpha value is -1.06. The Morgan fingerprint density at radius 1 is 1.28 bits per heavy atom. The van der Waals surface area contributed by atoms with E-state index < -0.39 is 0 Å². The van der Waals surface area contributed by atoms with Gasteiger partial charge in [0.25, 0.3) is 0 Å². The van der Waals surface area contributed by atoms with Crippen LogP contribution in [-0.4, -0.2) is 20.2 Å². The van der Waals surface area contributed by atoms with E-state index in [0.29, 0.717) is 5.92 Å². The first-order chi connectivity index (χ1) is 8.49. The fraction of sp³-hybridized carbons (Fsp3) is 0.600. The molecule has 0 heterocycles. The molecule has 1 rings (SSSR count). The standard InChI is InChI=1S/C15H26N2O/c1-10(2)12-6-7-13(15(9-12)18-5)14(17-4)8-11(3)16/h6-7,9-11,14,17H,8,16H2,1-5H3. The summed E-state index contributed by atoms with van der Waals surface area (Å²) in [5.74, 6) is 1.45. The number of rotatable bonds is 6. The maximum absolute atomic E-state index is 5.90. The highest BCUT2D eigenvalue weighted by atomic mass is 16.5. The van der Waals surface area contributed by atoms with Gasteiger partial charge in [0.2, 0.25) is 0 Å². The van der Waals surface area contributed by atoms with E-state index in [1.54, 1.807) is 7.11 Å². The van der Waals surface area contributed by atoms with Gasteiger partial charge in [-0.05, 0) is 37.9 Å². The van der Waals surface area contributed by atoms with Crippen molar-refractivity contribution in [1.29, 1.82) is 0 Å². The summed E-state index contributed by atoms with van der Waals surface area (Å²) < 4.78 is 5.52. The second kappa shape index (κ2) is 6.76. The maximum atomic E-state index is 5.90. The number of hydrogen-bond donors (Lipinski definition) is 2. The van der Waals surface area contributed by atoms with Gasteiger partial charge in [0.05, 0.1) is 7.11 Å². The SMILES string of the molecule is CNC(CC(C)N)c1ccc(C(C)C)cc1OC. The van der Waals surface area contributed by atoms with Crippen LogP contribution in [0, 0.1) is 0 Å². The molecule has 1 aromatic rings. The van der Waals surface area contributed by atoms with E-state index in [4.69, 9.17) is 10.5 Å². The minimum atomic E-state index is 0.164. The lowest BCUT2D eigenvalue weighted by Crippen LogP contribution is -2.26. The van der Waals surface area contributed by atoms with Crippen molar-refractivity contribution < 1.29 is 4.74 Å². The highest BCUT2D eigenvalue weighted by Crippen LogP contribution is 2.30. The summed E-state index contributed by atoms with van der Waals surface area (Å²) in [6.07, 6.45) is 0.897. The third-order valence-corrected chi connectivity index (χ3v) is 3.26. The van der Waals surface area contributed by atoms with E-state index in [0.717, 1.165) is 12.2 Å². The van der Waals surface area contributed by atoms with Gasteiger partial charge in [0.15, 0.2) is 0 Å². The van der Waals surface area contributed by atoms with Crippen molar-refractivity contribution >= 4 is 0 Å². The molecule has 0 fully saturated rings. The Morgan fingerprint density at radius 2 is 1.94 bits per heavy atom. The van der Waals surface area contributed by atoms with Crippen molar-refractivity contribution in [1.82, 2.24) is 5.32 Å². The van der Waals surface area contributed by atoms with Crippen LogP contribution in [0.15, 0.2) is 18.2 Å². The van der Waals surface area contributed by atoms with Gasteiger partial charge in [0.1, 0.15) is 5.75 Å². The molecule has 0 aliphatic heterocycles. The first-order valence-electron chi connectivity index (χ1n) is 6.60. The summed E-state index contributed by atoms with van der Waals surface area (Å²) in [5, 5.41) is 3.31. The molecule has 18 heavy (non-hydrogen) atoms. The smallest absolute Gasteiger partial charge is 0.123 e. The van der Waals surface area contributed by atoms with Crippen LogP contribution >= 0.6 is 0 Å². The molecule has 0 bridgehead atoms. The molecule has 3 N–H and O–H groups in total. The van der Waals surface area contributed by atoms with E-state index in [1.165, 1.54) is 11.1 Å². The average Bonchev–Trinajstić information content (AvgIpc) is 2.34. The molecular weight excluding hydrogens is 224 g/mol. The quantitative estimate of drug-likeness (QED) is 0.816. The molecular formula is C15H26N2O. The van der Waals surface area contributed by atoms with E-state index >= 15 is 0 Å². The van der Waals surface area contributed by atoms with Crippen LogP contribution in [0.5, 0.6) is 5.75 Å². The van der Waals surface area contributed by atoms with E-state index in [2.05, 4.69) is 37.4 Å². The van der Waals surface area contributed by atoms with Gasteiger partial charge in [-0.15, -0.1) is 0 Å². The average molecular weight is 250 g/mol. The summed E-state index contributed by atoms with van der Waals surface area (Å²) in [7, 11) is 3.68. The Kier molecular flexibility index (Phi) is 5.63. The fourth-order valence-electron chi connectivity index (χ4n) is 2.15. The lowest BCUT2D eigenvalue weighted by molar-refractivity contribution is 0.394. The van der Waals surface area contributed by atoms with Gasteiger partial charge in [-0.25, -0.2) is 0 Å². The Labute approximate surface area is 111 Å². The van der Waals surface area contributed by atoms with Crippen molar-refractivity contribution in [3.63, 3.8) is 0 Å². The Bertz CT molecular complexity index is 375. The zero-order valence-corrected chi connectivity index (χ0v) is 12.2. The van der Waals surface area contributed by atoms with Crippen LogP contribution in [0.1, 0.15) is 50.3 Å². The van der Waals surface area contributed by atoms with Crippen LogP contribution in [0.3, 0.4) is 0 Å². The molecule has 0 aliphatic carbocycles. The predicted octanol–water partition coefficient (Wildman–Crippen LogP) is 2.82. The van der Waals surface area contributed by atoms with Gasteiger partial charge in [-0.1, -0.05) is 26.0 Å². The third-order valence-electron chi connectivity index (χ3n) is 3.26. The van der Waals surface area contributed by atoms with Crippen LogP contribution in [0.4, 0.5) is 0 Å². The molecule has 0 spiro atoms. The predicted molar refractivity (Wildman–Crippen MR) is 77.2 cm³/mol. The van der Waals surface area contributed by atoms with Gasteiger partial charge in [-0.2, -0.15) is 0 Å². The molecule has 0 aliphatic rings. The third kappa shape index (κ3) is 3.72. The number of hydrogen-bond acceptors (Lipinski definition) is 3. The van der Waals surface area contributed by atoms with Crippen molar-refractivity contribution in [2.75, 3.05) is 14.2 Å². The monoisotopic (exact) mass is 250 g/mol. The van der Waals surface area contributed by atoms with Crippen molar-refractivity contribution in [2.45, 2.75) is 45.2 Å². The topological polar surface area (TPSA) is 47.3 Å². The maximum Gasteiger partial charge on any atom is 0.123 e. The number of nitrogens with two attached hydrogens (primary N) is 1. The summed E-state index contributed by atoms with van der Waals surface area (Å²) in [6.45, 7) is 6.40. The number of ether oxygens (including phenoxy) is 1. The lowest BCUT2D eigenvalue weighted by atomic mass is 9.95. The zero-order valence-electron chi connectivity index (χ0n) is 12.2. The molecule has 0 aromatic heterocycles. The van der Waals surface area contributed by atoms with E-state index in [9.17, 15) is 0 Å². The second-order valence-corrected chi connectivity index (χ2v) is 5.21. The summed E-state index contributed by atoms with van der Waals surface area (Å²) >= 11 is 0. The highest BCUT2D eigenvalue weighted by molar-refractivity contribution is 5.40. The molecule has 3 heteroatoms. The molecule has 1 aromatic carbocycles.